The molecule has 1 aromatic carbocycles. The Balaban J connectivity index is 2.18. The van der Waals surface area contributed by atoms with Gasteiger partial charge < -0.3 is 14.6 Å². The number of halogens is 3. The number of carbonyl (C=O) groups is 1. The number of rotatable bonds is 1. The van der Waals surface area contributed by atoms with Crippen LogP contribution in [0.4, 0.5) is 13.2 Å². The normalized spacial score (nSPS) is 20.0. The molecule has 2 aliphatic heterocycles. The number of benzene rings is 1. The van der Waals surface area contributed by atoms with Gasteiger partial charge in [0, 0.05) is 17.5 Å². The Morgan fingerprint density at radius 2 is 2.14 bits per heavy atom. The lowest BCUT2D eigenvalue weighted by Gasteiger charge is -2.28. The van der Waals surface area contributed by atoms with Crippen LogP contribution in [0.3, 0.4) is 0 Å². The molecule has 1 unspecified atom stereocenters. The number of ether oxygens (including phenoxy) is 2. The largest absolute Gasteiger partial charge is 0.493 e. The van der Waals surface area contributed by atoms with E-state index < -0.39 is 23.8 Å². The van der Waals surface area contributed by atoms with Gasteiger partial charge in [0.05, 0.1) is 12.2 Å². The molecule has 1 N–H and O–H groups in total. The Bertz CT molecular complexity index is 661. The van der Waals surface area contributed by atoms with Gasteiger partial charge in [-0.3, -0.25) is 0 Å². The number of aliphatic carboxylic acids is 1. The average Bonchev–Trinajstić information content (AvgIpc) is 2.84. The van der Waals surface area contributed by atoms with Crippen LogP contribution in [-0.4, -0.2) is 30.0 Å². The van der Waals surface area contributed by atoms with Gasteiger partial charge in [0.1, 0.15) is 11.5 Å². The van der Waals surface area contributed by atoms with Crippen molar-refractivity contribution < 1.29 is 32.5 Å². The van der Waals surface area contributed by atoms with Crippen LogP contribution < -0.4 is 9.47 Å². The van der Waals surface area contributed by atoms with Crippen LogP contribution >= 0.6 is 0 Å². The minimum atomic E-state index is -4.79. The molecule has 7 heteroatoms. The van der Waals surface area contributed by atoms with Gasteiger partial charge in [-0.15, -0.1) is 0 Å². The van der Waals surface area contributed by atoms with Crippen molar-refractivity contribution in [2.24, 2.45) is 0 Å². The smallest absolute Gasteiger partial charge is 0.430 e. The molecule has 0 saturated heterocycles. The van der Waals surface area contributed by atoms with Gasteiger partial charge in [-0.25, -0.2) is 4.79 Å². The fourth-order valence-corrected chi connectivity index (χ4v) is 2.64. The van der Waals surface area contributed by atoms with Crippen molar-refractivity contribution in [3.8, 4) is 11.5 Å². The van der Waals surface area contributed by atoms with Gasteiger partial charge in [0.2, 0.25) is 6.10 Å². The number of hydrogen-bond acceptors (Lipinski definition) is 3. The van der Waals surface area contributed by atoms with Crippen LogP contribution in [0, 0.1) is 6.92 Å². The Hall–Kier alpha value is -2.18. The topological polar surface area (TPSA) is 55.8 Å². The van der Waals surface area contributed by atoms with E-state index in [2.05, 4.69) is 0 Å². The van der Waals surface area contributed by atoms with E-state index in [0.29, 0.717) is 29.9 Å². The highest BCUT2D eigenvalue weighted by Crippen LogP contribution is 2.44. The molecule has 0 aromatic heterocycles. The molecule has 21 heavy (non-hydrogen) atoms. The van der Waals surface area contributed by atoms with E-state index >= 15 is 0 Å². The SMILES string of the molecule is Cc1c2c(cc3c1OC(C(F)(F)F)C(C(=O)O)=C3)OCC2. The third-order valence-electron chi connectivity index (χ3n) is 3.62. The second-order valence-corrected chi connectivity index (χ2v) is 4.94. The van der Waals surface area contributed by atoms with E-state index in [4.69, 9.17) is 14.6 Å². The number of hydrogen-bond donors (Lipinski definition) is 1. The van der Waals surface area contributed by atoms with Crippen molar-refractivity contribution in [3.63, 3.8) is 0 Å². The first-order valence-corrected chi connectivity index (χ1v) is 6.26. The van der Waals surface area contributed by atoms with Crippen molar-refractivity contribution in [2.45, 2.75) is 25.6 Å². The average molecular weight is 300 g/mol. The van der Waals surface area contributed by atoms with Crippen molar-refractivity contribution in [1.29, 1.82) is 0 Å². The number of carboxylic acid groups (broad SMARTS) is 1. The van der Waals surface area contributed by atoms with E-state index in [1.165, 1.54) is 6.07 Å². The Morgan fingerprint density at radius 1 is 1.43 bits per heavy atom. The van der Waals surface area contributed by atoms with Gasteiger partial charge in [-0.1, -0.05) is 0 Å². The molecule has 0 aliphatic carbocycles. The van der Waals surface area contributed by atoms with Crippen molar-refractivity contribution in [1.82, 2.24) is 0 Å². The van der Waals surface area contributed by atoms with Gasteiger partial charge >= 0.3 is 12.1 Å². The summed E-state index contributed by atoms with van der Waals surface area (Å²) in [4.78, 5) is 11.1. The van der Waals surface area contributed by atoms with Gasteiger partial charge in [0.15, 0.2) is 0 Å². The molecule has 0 spiro atoms. The Kier molecular flexibility index (Phi) is 2.89. The second-order valence-electron chi connectivity index (χ2n) is 4.94. The molecule has 0 bridgehead atoms. The molecule has 2 aliphatic rings. The minimum Gasteiger partial charge on any atom is -0.493 e. The summed E-state index contributed by atoms with van der Waals surface area (Å²) in [6.07, 6.45) is -5.64. The first-order chi connectivity index (χ1) is 9.79. The Labute approximate surface area is 117 Å². The number of alkyl halides is 3. The molecular weight excluding hydrogens is 289 g/mol. The predicted octanol–water partition coefficient (Wildman–Crippen LogP) is 2.72. The predicted molar refractivity (Wildman–Crippen MR) is 66.5 cm³/mol. The minimum absolute atomic E-state index is 0.0755. The zero-order valence-electron chi connectivity index (χ0n) is 11.0. The summed E-state index contributed by atoms with van der Waals surface area (Å²) in [5.74, 6) is -1.00. The molecule has 0 radical (unpaired) electrons. The van der Waals surface area contributed by atoms with Crippen molar-refractivity contribution >= 4 is 12.0 Å². The van der Waals surface area contributed by atoms with E-state index in [9.17, 15) is 18.0 Å². The summed E-state index contributed by atoms with van der Waals surface area (Å²) in [6, 6.07) is 1.53. The highest BCUT2D eigenvalue weighted by Gasteiger charge is 2.49. The van der Waals surface area contributed by atoms with Crippen LogP contribution in [-0.2, 0) is 11.2 Å². The first-order valence-electron chi connectivity index (χ1n) is 6.26. The highest BCUT2D eigenvalue weighted by molar-refractivity contribution is 5.95. The molecule has 112 valence electrons. The quantitative estimate of drug-likeness (QED) is 0.866. The molecule has 3 rings (SSSR count). The lowest BCUT2D eigenvalue weighted by atomic mass is 9.95. The fourth-order valence-electron chi connectivity index (χ4n) is 2.64. The third kappa shape index (κ3) is 2.12. The lowest BCUT2D eigenvalue weighted by Crippen LogP contribution is -2.40. The summed E-state index contributed by atoms with van der Waals surface area (Å²) in [5, 5.41) is 8.98. The van der Waals surface area contributed by atoms with E-state index in [1.807, 2.05) is 0 Å². The molecule has 0 saturated carbocycles. The van der Waals surface area contributed by atoms with Crippen molar-refractivity contribution in [3.05, 3.63) is 28.3 Å². The zero-order valence-corrected chi connectivity index (χ0v) is 11.0. The molecule has 0 amide bonds. The summed E-state index contributed by atoms with van der Waals surface area (Å²) in [6.45, 7) is 2.11. The number of fused-ring (bicyclic) bond motifs is 2. The lowest BCUT2D eigenvalue weighted by molar-refractivity contribution is -0.187. The fraction of sp³-hybridized carbons (Fsp3) is 0.357. The maximum absolute atomic E-state index is 13.0. The summed E-state index contributed by atoms with van der Waals surface area (Å²) in [5.41, 5.74) is 0.843. The molecule has 4 nitrogen and oxygen atoms in total. The molecule has 2 heterocycles. The molecule has 1 aromatic rings. The standard InChI is InChI=1S/C14H11F3O4/c1-6-8-2-3-20-10(8)5-7-4-9(13(18)19)12(14(15,16)17)21-11(6)7/h4-5,12H,2-3H2,1H3,(H,18,19). The Morgan fingerprint density at radius 3 is 2.76 bits per heavy atom. The number of carboxylic acids is 1. The molecule has 0 fully saturated rings. The molecular formula is C14H11F3O4. The van der Waals surface area contributed by atoms with Crippen LogP contribution in [0.5, 0.6) is 11.5 Å². The second kappa shape index (κ2) is 4.41. The highest BCUT2D eigenvalue weighted by atomic mass is 19.4. The maximum atomic E-state index is 13.0. The monoisotopic (exact) mass is 300 g/mol. The third-order valence-corrected chi connectivity index (χ3v) is 3.62. The molecule has 1 atom stereocenters. The zero-order chi connectivity index (χ0) is 15.4. The maximum Gasteiger partial charge on any atom is 0.430 e. The van der Waals surface area contributed by atoms with Crippen molar-refractivity contribution in [2.75, 3.05) is 6.61 Å². The van der Waals surface area contributed by atoms with Crippen LogP contribution in [0.1, 0.15) is 16.7 Å². The summed E-state index contributed by atoms with van der Waals surface area (Å²) in [7, 11) is 0. The van der Waals surface area contributed by atoms with E-state index in [1.54, 1.807) is 6.92 Å². The summed E-state index contributed by atoms with van der Waals surface area (Å²) >= 11 is 0. The summed E-state index contributed by atoms with van der Waals surface area (Å²) < 4.78 is 49.4. The van der Waals surface area contributed by atoms with E-state index in [0.717, 1.165) is 11.6 Å². The first kappa shape index (κ1) is 13.8. The van der Waals surface area contributed by atoms with Crippen LogP contribution in [0.2, 0.25) is 0 Å². The van der Waals surface area contributed by atoms with Gasteiger partial charge in [0.25, 0.3) is 0 Å². The van der Waals surface area contributed by atoms with E-state index in [-0.39, 0.29) is 5.75 Å². The van der Waals surface area contributed by atoms with Gasteiger partial charge in [-0.05, 0) is 24.6 Å². The van der Waals surface area contributed by atoms with Crippen LogP contribution in [0.15, 0.2) is 11.6 Å². The van der Waals surface area contributed by atoms with Gasteiger partial charge in [-0.2, -0.15) is 13.2 Å². The van der Waals surface area contributed by atoms with Crippen LogP contribution in [0.25, 0.3) is 6.08 Å².